The predicted molar refractivity (Wildman–Crippen MR) is 289 cm³/mol. The smallest absolute Gasteiger partial charge is 0.326 e. The Morgan fingerprint density at radius 3 is 1.34 bits per heavy atom. The number of nitrogens with two attached hydrogens (primary N) is 4. The van der Waals surface area contributed by atoms with Crippen molar-refractivity contribution in [2.75, 3.05) is 19.6 Å². The second-order valence-corrected chi connectivity index (χ2v) is 20.5. The van der Waals surface area contributed by atoms with Crippen LogP contribution in [0.5, 0.6) is 5.75 Å². The minimum absolute atomic E-state index is 0.0177. The number of benzene rings is 1. The van der Waals surface area contributed by atoms with Crippen LogP contribution in [0.25, 0.3) is 0 Å². The molecule has 0 fully saturated rings. The van der Waals surface area contributed by atoms with Crippen LogP contribution in [0.4, 0.5) is 0 Å². The highest BCUT2D eigenvalue weighted by molar-refractivity contribution is 5.97. The molecular formula is C51H85N13O15. The Hall–Kier alpha value is -7.62. The van der Waals surface area contributed by atoms with Crippen LogP contribution < -0.4 is 65.5 Å². The van der Waals surface area contributed by atoms with Gasteiger partial charge in [-0.25, -0.2) is 4.79 Å². The quantitative estimate of drug-likeness (QED) is 0.0191. The first-order valence-corrected chi connectivity index (χ1v) is 26.4. The van der Waals surface area contributed by atoms with E-state index in [1.54, 1.807) is 39.8 Å². The number of carboxylic acids is 3. The molecule has 0 aliphatic heterocycles. The molecule has 8 amide bonds. The van der Waals surface area contributed by atoms with Gasteiger partial charge in [0.25, 0.3) is 0 Å². The molecule has 0 aromatic heterocycles. The van der Waals surface area contributed by atoms with Crippen molar-refractivity contribution in [1.29, 1.82) is 0 Å². The van der Waals surface area contributed by atoms with Crippen molar-refractivity contribution in [2.24, 2.45) is 45.7 Å². The van der Waals surface area contributed by atoms with Gasteiger partial charge in [0.05, 0.1) is 12.6 Å². The number of hydrogen-bond acceptors (Lipinski definition) is 15. The molecule has 0 bridgehead atoms. The zero-order valence-electron chi connectivity index (χ0n) is 46.0. The van der Waals surface area contributed by atoms with Crippen molar-refractivity contribution in [3.63, 3.8) is 0 Å². The van der Waals surface area contributed by atoms with Crippen LogP contribution in [-0.2, 0) is 59.2 Å². The van der Waals surface area contributed by atoms with Crippen molar-refractivity contribution >= 4 is 71.1 Å². The van der Waals surface area contributed by atoms with E-state index >= 15 is 0 Å². The van der Waals surface area contributed by atoms with Crippen molar-refractivity contribution in [1.82, 2.24) is 42.5 Å². The third-order valence-electron chi connectivity index (χ3n) is 11.9. The number of unbranched alkanes of at least 4 members (excludes halogenated alkanes) is 1. The van der Waals surface area contributed by atoms with Gasteiger partial charge in [0, 0.05) is 19.4 Å². The molecule has 28 heteroatoms. The van der Waals surface area contributed by atoms with E-state index in [1.807, 2.05) is 13.8 Å². The maximum atomic E-state index is 14.0. The zero-order chi connectivity index (χ0) is 59.9. The molecule has 0 radical (unpaired) electrons. The standard InChI is InChI=1S/C51H85N13O15/c1-27(2)22-37(62-43(71)32(53)25-30-12-14-31(65)15-13-30)49(77)63-38(23-28(3)4)48(76)61-36(17-19-42(69)70)47(75)59-33(10-7-8-20-52)44(72)57-26-40(66)58-35(16-18-41(67)68)46(74)60-34(11-9-21-56-51(54)55)45(73)64-39(50(78)79)24-29(5)6/h12-15,27-29,32-39,65H,7-11,16-26,52-53H2,1-6H3,(H,57,72)(H,58,66)(H,59,75)(H,60,74)(H,61,76)(H,62,71)(H,63,77)(H,64,73)(H,67,68)(H,69,70)(H,78,79)(H4,54,55,56)/t32-,33-,34-,35-,36-,37-,38-,39-/m0/s1. The fourth-order valence-electron chi connectivity index (χ4n) is 7.86. The van der Waals surface area contributed by atoms with Crippen molar-refractivity contribution in [2.45, 2.75) is 173 Å². The van der Waals surface area contributed by atoms with E-state index in [0.717, 1.165) is 0 Å². The molecule has 0 unspecified atom stereocenters. The van der Waals surface area contributed by atoms with Gasteiger partial charge in [-0.3, -0.25) is 52.9 Å². The Labute approximate surface area is 459 Å². The summed E-state index contributed by atoms with van der Waals surface area (Å²) in [7, 11) is 0. The molecule has 444 valence electrons. The van der Waals surface area contributed by atoms with Crippen LogP contribution in [0.3, 0.4) is 0 Å². The maximum absolute atomic E-state index is 14.0. The molecule has 1 aromatic carbocycles. The van der Waals surface area contributed by atoms with E-state index in [-0.39, 0.29) is 93.9 Å². The summed E-state index contributed by atoms with van der Waals surface area (Å²) in [5.74, 6) is -11.9. The number of aliphatic carboxylic acids is 3. The number of phenolic OH excluding ortho intramolecular Hbond substituents is 1. The summed E-state index contributed by atoms with van der Waals surface area (Å²) in [6, 6.07) is -4.85. The largest absolute Gasteiger partial charge is 0.508 e. The van der Waals surface area contributed by atoms with Gasteiger partial charge in [-0.2, -0.15) is 0 Å². The number of carboxylic acid groups (broad SMARTS) is 3. The van der Waals surface area contributed by atoms with Gasteiger partial charge in [0.1, 0.15) is 48.0 Å². The number of carbonyl (C=O) groups is 11. The lowest BCUT2D eigenvalue weighted by atomic mass is 9.99. The van der Waals surface area contributed by atoms with Gasteiger partial charge in [0.15, 0.2) is 5.96 Å². The topological polar surface area (TPSA) is 481 Å². The number of phenols is 1. The molecule has 20 N–H and O–H groups in total. The molecule has 0 saturated heterocycles. The molecule has 0 saturated carbocycles. The lowest BCUT2D eigenvalue weighted by Crippen LogP contribution is -2.59. The third-order valence-corrected chi connectivity index (χ3v) is 11.9. The van der Waals surface area contributed by atoms with Crippen LogP contribution in [0.1, 0.15) is 124 Å². The van der Waals surface area contributed by atoms with Gasteiger partial charge in [-0.05, 0) is 113 Å². The average Bonchev–Trinajstić information content (AvgIpc) is 3.35. The van der Waals surface area contributed by atoms with Gasteiger partial charge in [-0.1, -0.05) is 53.7 Å². The molecule has 0 heterocycles. The Morgan fingerprint density at radius 1 is 0.506 bits per heavy atom. The Morgan fingerprint density at radius 2 is 0.899 bits per heavy atom. The summed E-state index contributed by atoms with van der Waals surface area (Å²) in [4.78, 5) is 149. The first-order chi connectivity index (χ1) is 37.0. The van der Waals surface area contributed by atoms with E-state index in [2.05, 4.69) is 47.5 Å². The summed E-state index contributed by atoms with van der Waals surface area (Å²) in [5.41, 5.74) is 23.3. The average molecular weight is 1120 g/mol. The number of aliphatic imine (C=N–C) groups is 1. The second kappa shape index (κ2) is 36.5. The van der Waals surface area contributed by atoms with Crippen molar-refractivity contribution in [3.8, 4) is 5.75 Å². The minimum Gasteiger partial charge on any atom is -0.508 e. The molecule has 0 aliphatic rings. The predicted octanol–water partition coefficient (Wildman–Crippen LogP) is -2.09. The number of rotatable bonds is 39. The lowest BCUT2D eigenvalue weighted by molar-refractivity contribution is -0.143. The number of guanidine groups is 1. The second-order valence-electron chi connectivity index (χ2n) is 20.5. The molecule has 1 rings (SSSR count). The molecule has 79 heavy (non-hydrogen) atoms. The minimum atomic E-state index is -1.61. The molecule has 0 aliphatic carbocycles. The molecule has 28 nitrogen and oxygen atoms in total. The van der Waals surface area contributed by atoms with Crippen LogP contribution >= 0.6 is 0 Å². The Balaban J connectivity index is 3.36. The van der Waals surface area contributed by atoms with Crippen molar-refractivity contribution in [3.05, 3.63) is 29.8 Å². The van der Waals surface area contributed by atoms with E-state index in [1.165, 1.54) is 12.1 Å². The number of amides is 8. The molecule has 1 aromatic rings. The van der Waals surface area contributed by atoms with Gasteiger partial charge < -0.3 is 85.9 Å². The number of nitrogens with one attached hydrogen (secondary N) is 8. The van der Waals surface area contributed by atoms with E-state index in [4.69, 9.17) is 22.9 Å². The van der Waals surface area contributed by atoms with Gasteiger partial charge in [0.2, 0.25) is 47.3 Å². The van der Waals surface area contributed by atoms with Crippen molar-refractivity contribution < 1.29 is 73.2 Å². The highest BCUT2D eigenvalue weighted by Gasteiger charge is 2.34. The van der Waals surface area contributed by atoms with Crippen LogP contribution in [-0.4, -0.2) is 160 Å². The summed E-state index contributed by atoms with van der Waals surface area (Å²) >= 11 is 0. The van der Waals surface area contributed by atoms with Crippen LogP contribution in [0.15, 0.2) is 29.3 Å². The summed E-state index contributed by atoms with van der Waals surface area (Å²) in [6.07, 6.45) is -1.38. The highest BCUT2D eigenvalue weighted by atomic mass is 16.4. The third kappa shape index (κ3) is 29.6. The Kier molecular flexibility index (Phi) is 32.0. The SMILES string of the molecule is CC(C)C[C@H](NC(=O)[C@H](CCCN=C(N)N)NC(=O)[C@H](CCC(=O)O)NC(=O)CNC(=O)[C@H](CCCCN)NC(=O)[C@H](CCC(=O)O)NC(=O)[C@H](CC(C)C)NC(=O)[C@H](CC(C)C)NC(=O)[C@@H](N)Cc1ccc(O)cc1)C(=O)O. The van der Waals surface area contributed by atoms with E-state index < -0.39 is 146 Å². The van der Waals surface area contributed by atoms with E-state index in [9.17, 15) is 73.2 Å². The number of carbonyl (C=O) groups excluding carboxylic acids is 8. The normalized spacial score (nSPS) is 14.2. The van der Waals surface area contributed by atoms with Gasteiger partial charge >= 0.3 is 17.9 Å². The molecular weight excluding hydrogens is 1030 g/mol. The van der Waals surface area contributed by atoms with E-state index in [0.29, 0.717) is 12.0 Å². The fraction of sp³-hybridized carbons (Fsp3) is 0.647. The summed E-state index contributed by atoms with van der Waals surface area (Å²) in [5, 5.41) is 58.2. The summed E-state index contributed by atoms with van der Waals surface area (Å²) < 4.78 is 0. The number of hydrogen-bond donors (Lipinski definition) is 16. The monoisotopic (exact) mass is 1120 g/mol. The fourth-order valence-corrected chi connectivity index (χ4v) is 7.86. The van der Waals surface area contributed by atoms with Crippen LogP contribution in [0.2, 0.25) is 0 Å². The first kappa shape index (κ1) is 69.4. The summed E-state index contributed by atoms with van der Waals surface area (Å²) in [6.45, 7) is 10.00. The zero-order valence-corrected chi connectivity index (χ0v) is 46.0. The number of aromatic hydroxyl groups is 1. The van der Waals surface area contributed by atoms with Crippen LogP contribution in [0, 0.1) is 17.8 Å². The first-order valence-electron chi connectivity index (χ1n) is 26.4. The molecule has 0 spiro atoms. The molecule has 8 atom stereocenters. The Bertz CT molecular complexity index is 2230. The number of nitrogens with zero attached hydrogens (tertiary/aromatic N) is 1. The highest BCUT2D eigenvalue weighted by Crippen LogP contribution is 2.14. The van der Waals surface area contributed by atoms with Gasteiger partial charge in [-0.15, -0.1) is 0 Å². The maximum Gasteiger partial charge on any atom is 0.326 e. The lowest BCUT2D eigenvalue weighted by Gasteiger charge is -2.28.